The van der Waals surface area contributed by atoms with Crippen LogP contribution in [0, 0.1) is 11.7 Å². The van der Waals surface area contributed by atoms with Crippen LogP contribution in [0.15, 0.2) is 35.6 Å². The van der Waals surface area contributed by atoms with Crippen molar-refractivity contribution in [2.24, 2.45) is 10.9 Å². The van der Waals surface area contributed by atoms with E-state index in [1.165, 1.54) is 76.3 Å². The molecule has 2 aromatic rings. The lowest BCUT2D eigenvalue weighted by Gasteiger charge is -2.32. The minimum Gasteiger partial charge on any atom is -0.330 e. The van der Waals surface area contributed by atoms with E-state index in [0.717, 1.165) is 36.7 Å². The standard InChI is InChI=1S/C28H39FN4/c1-2-23-15-11-16-26(27(23)29)24-18-31-28(32-19-24)33-20-25(21-33)30-17-10-5-3-4-7-12-22-13-8-6-9-14-22/h11,15-16,18-19,22H,2-10,12-14,17,20-21H2,1H3. The molecule has 2 heterocycles. The molecule has 0 spiro atoms. The van der Waals surface area contributed by atoms with Gasteiger partial charge in [-0.15, -0.1) is 0 Å². The Bertz CT molecular complexity index is 895. The van der Waals surface area contributed by atoms with Gasteiger partial charge in [0.25, 0.3) is 0 Å². The second kappa shape index (κ2) is 12.2. The van der Waals surface area contributed by atoms with Crippen molar-refractivity contribution < 1.29 is 4.39 Å². The maximum atomic E-state index is 14.6. The highest BCUT2D eigenvalue weighted by Gasteiger charge is 2.24. The second-order valence-electron chi connectivity index (χ2n) is 9.77. The molecule has 1 saturated carbocycles. The topological polar surface area (TPSA) is 41.4 Å². The fraction of sp³-hybridized carbons (Fsp3) is 0.607. The monoisotopic (exact) mass is 450 g/mol. The zero-order valence-corrected chi connectivity index (χ0v) is 20.2. The lowest BCUT2D eigenvalue weighted by Crippen LogP contribution is -2.48. The predicted octanol–water partition coefficient (Wildman–Crippen LogP) is 7.03. The molecular weight excluding hydrogens is 411 g/mol. The van der Waals surface area contributed by atoms with Crippen molar-refractivity contribution >= 4 is 11.7 Å². The van der Waals surface area contributed by atoms with Crippen molar-refractivity contribution in [3.63, 3.8) is 0 Å². The van der Waals surface area contributed by atoms with Gasteiger partial charge in [0, 0.05) is 30.1 Å². The number of aliphatic imine (C=N–C) groups is 1. The number of unbranched alkanes of at least 4 members (excludes halogenated alkanes) is 4. The number of rotatable bonds is 11. The van der Waals surface area contributed by atoms with Gasteiger partial charge in [0.2, 0.25) is 5.95 Å². The summed E-state index contributed by atoms with van der Waals surface area (Å²) < 4.78 is 14.6. The molecule has 0 N–H and O–H groups in total. The molecule has 4 nitrogen and oxygen atoms in total. The highest BCUT2D eigenvalue weighted by Crippen LogP contribution is 2.28. The predicted molar refractivity (Wildman–Crippen MR) is 136 cm³/mol. The average Bonchev–Trinajstić information content (AvgIpc) is 2.83. The Kier molecular flexibility index (Phi) is 8.85. The van der Waals surface area contributed by atoms with Gasteiger partial charge in [0.1, 0.15) is 5.82 Å². The molecule has 2 fully saturated rings. The molecule has 1 aromatic carbocycles. The van der Waals surface area contributed by atoms with E-state index in [9.17, 15) is 4.39 Å². The molecule has 2 aliphatic rings. The smallest absolute Gasteiger partial charge is 0.225 e. The Balaban J connectivity index is 1.12. The molecule has 0 amide bonds. The Morgan fingerprint density at radius 2 is 1.70 bits per heavy atom. The molecule has 0 atom stereocenters. The van der Waals surface area contributed by atoms with Gasteiger partial charge in [0.05, 0.1) is 18.8 Å². The summed E-state index contributed by atoms with van der Waals surface area (Å²) >= 11 is 0. The second-order valence-corrected chi connectivity index (χ2v) is 9.77. The average molecular weight is 451 g/mol. The molecule has 33 heavy (non-hydrogen) atoms. The molecule has 1 saturated heterocycles. The number of aromatic nitrogens is 2. The quantitative estimate of drug-likeness (QED) is 0.345. The first kappa shape index (κ1) is 23.8. The van der Waals surface area contributed by atoms with Gasteiger partial charge >= 0.3 is 0 Å². The molecule has 1 aromatic heterocycles. The van der Waals surface area contributed by atoms with Gasteiger partial charge in [-0.3, -0.25) is 4.99 Å². The minimum absolute atomic E-state index is 0.168. The summed E-state index contributed by atoms with van der Waals surface area (Å²) in [6.45, 7) is 4.52. The van der Waals surface area contributed by atoms with Crippen molar-refractivity contribution in [1.29, 1.82) is 0 Å². The number of aryl methyl sites for hydroxylation is 1. The van der Waals surface area contributed by atoms with Crippen LogP contribution < -0.4 is 4.90 Å². The Labute approximate surface area is 198 Å². The van der Waals surface area contributed by atoms with E-state index >= 15 is 0 Å². The lowest BCUT2D eigenvalue weighted by atomic mass is 9.85. The van der Waals surface area contributed by atoms with Gasteiger partial charge in [-0.2, -0.15) is 0 Å². The van der Waals surface area contributed by atoms with Crippen molar-refractivity contribution in [2.45, 2.75) is 84.0 Å². The summed E-state index contributed by atoms with van der Waals surface area (Å²) in [6, 6.07) is 5.51. The van der Waals surface area contributed by atoms with Crippen LogP contribution in [0.3, 0.4) is 0 Å². The molecule has 0 bridgehead atoms. The van der Waals surface area contributed by atoms with E-state index in [1.54, 1.807) is 18.5 Å². The molecule has 1 aliphatic heterocycles. The highest BCUT2D eigenvalue weighted by atomic mass is 19.1. The van der Waals surface area contributed by atoms with Crippen LogP contribution in [0.1, 0.15) is 83.1 Å². The number of anilines is 1. The normalized spacial score (nSPS) is 16.7. The number of hydrogen-bond donors (Lipinski definition) is 0. The SMILES string of the molecule is CCc1cccc(-c2cnc(N3CC(=NCCCCCCCC4CCCCC4)C3)nc2)c1F. The van der Waals surface area contributed by atoms with Gasteiger partial charge < -0.3 is 4.90 Å². The van der Waals surface area contributed by atoms with Gasteiger partial charge in [-0.1, -0.05) is 89.3 Å². The summed E-state index contributed by atoms with van der Waals surface area (Å²) in [7, 11) is 0. The molecule has 0 unspecified atom stereocenters. The highest BCUT2D eigenvalue weighted by molar-refractivity contribution is 5.99. The summed E-state index contributed by atoms with van der Waals surface area (Å²) in [6.07, 6.45) is 19.6. The van der Waals surface area contributed by atoms with Gasteiger partial charge in [0.15, 0.2) is 0 Å². The number of hydrogen-bond acceptors (Lipinski definition) is 4. The first-order valence-electron chi connectivity index (χ1n) is 13.1. The molecule has 0 radical (unpaired) electrons. The van der Waals surface area contributed by atoms with Gasteiger partial charge in [-0.05, 0) is 24.3 Å². The Morgan fingerprint density at radius 3 is 2.45 bits per heavy atom. The fourth-order valence-corrected chi connectivity index (χ4v) is 5.12. The summed E-state index contributed by atoms with van der Waals surface area (Å²) in [5.74, 6) is 1.56. The minimum atomic E-state index is -0.168. The van der Waals surface area contributed by atoms with E-state index in [2.05, 4.69) is 14.9 Å². The van der Waals surface area contributed by atoms with Crippen molar-refractivity contribution in [3.8, 4) is 11.1 Å². The van der Waals surface area contributed by atoms with Crippen molar-refractivity contribution in [3.05, 3.63) is 42.0 Å². The third-order valence-corrected chi connectivity index (χ3v) is 7.27. The summed E-state index contributed by atoms with van der Waals surface area (Å²) in [5, 5.41) is 0. The first-order chi connectivity index (χ1) is 16.2. The summed E-state index contributed by atoms with van der Waals surface area (Å²) in [4.78, 5) is 15.8. The summed E-state index contributed by atoms with van der Waals surface area (Å²) in [5.41, 5.74) is 3.25. The van der Waals surface area contributed by atoms with E-state index in [1.807, 2.05) is 19.1 Å². The zero-order chi connectivity index (χ0) is 22.9. The van der Waals surface area contributed by atoms with Crippen LogP contribution in [-0.2, 0) is 6.42 Å². The Hall–Kier alpha value is -2.30. The third-order valence-electron chi connectivity index (χ3n) is 7.27. The maximum absolute atomic E-state index is 14.6. The first-order valence-corrected chi connectivity index (χ1v) is 13.1. The zero-order valence-electron chi connectivity index (χ0n) is 20.2. The third kappa shape index (κ3) is 6.61. The largest absolute Gasteiger partial charge is 0.330 e. The lowest BCUT2D eigenvalue weighted by molar-refractivity contribution is 0.328. The molecular formula is C28H39FN4. The fourth-order valence-electron chi connectivity index (χ4n) is 5.12. The molecule has 5 heteroatoms. The van der Waals surface area contributed by atoms with Crippen LogP contribution in [0.25, 0.3) is 11.1 Å². The number of benzene rings is 1. The Morgan fingerprint density at radius 1 is 0.970 bits per heavy atom. The number of nitrogens with zero attached hydrogens (tertiary/aromatic N) is 4. The van der Waals surface area contributed by atoms with Crippen LogP contribution in [0.2, 0.25) is 0 Å². The van der Waals surface area contributed by atoms with Crippen LogP contribution in [0.4, 0.5) is 10.3 Å². The number of halogens is 1. The van der Waals surface area contributed by atoms with Crippen LogP contribution in [-0.4, -0.2) is 35.3 Å². The maximum Gasteiger partial charge on any atom is 0.225 e. The van der Waals surface area contributed by atoms with E-state index in [0.29, 0.717) is 17.9 Å². The van der Waals surface area contributed by atoms with E-state index in [-0.39, 0.29) is 5.82 Å². The van der Waals surface area contributed by atoms with Gasteiger partial charge in [-0.25, -0.2) is 14.4 Å². The molecule has 4 rings (SSSR count). The van der Waals surface area contributed by atoms with Crippen LogP contribution in [0.5, 0.6) is 0 Å². The van der Waals surface area contributed by atoms with E-state index in [4.69, 9.17) is 4.99 Å². The molecule has 1 aliphatic carbocycles. The van der Waals surface area contributed by atoms with Crippen molar-refractivity contribution in [2.75, 3.05) is 24.5 Å². The van der Waals surface area contributed by atoms with Crippen molar-refractivity contribution in [1.82, 2.24) is 9.97 Å². The molecule has 178 valence electrons. The van der Waals surface area contributed by atoms with E-state index < -0.39 is 0 Å². The van der Waals surface area contributed by atoms with Crippen LogP contribution >= 0.6 is 0 Å².